The van der Waals surface area contributed by atoms with Gasteiger partial charge in [-0.25, -0.2) is 13.2 Å². The van der Waals surface area contributed by atoms with Crippen molar-refractivity contribution in [3.05, 3.63) is 29.6 Å². The molecule has 0 aromatic heterocycles. The van der Waals surface area contributed by atoms with E-state index in [0.717, 1.165) is 37.8 Å². The van der Waals surface area contributed by atoms with Gasteiger partial charge in [-0.05, 0) is 37.3 Å². The number of rotatable bonds is 7. The molecule has 0 spiro atoms. The van der Waals surface area contributed by atoms with Crippen molar-refractivity contribution < 1.29 is 22.8 Å². The molecule has 0 unspecified atom stereocenters. The summed E-state index contributed by atoms with van der Waals surface area (Å²) in [5.41, 5.74) is -0.440. The molecule has 2 amide bonds. The van der Waals surface area contributed by atoms with Gasteiger partial charge in [0.15, 0.2) is 17.5 Å². The zero-order chi connectivity index (χ0) is 19.1. The molecule has 2 rings (SSSR count). The van der Waals surface area contributed by atoms with Gasteiger partial charge < -0.3 is 10.2 Å². The van der Waals surface area contributed by atoms with Crippen LogP contribution in [0.2, 0.25) is 0 Å². The topological polar surface area (TPSA) is 49.4 Å². The molecule has 144 valence electrons. The third-order valence-corrected chi connectivity index (χ3v) is 4.68. The van der Waals surface area contributed by atoms with Crippen LogP contribution < -0.4 is 5.32 Å². The van der Waals surface area contributed by atoms with Crippen molar-refractivity contribution in [2.45, 2.75) is 51.9 Å². The summed E-state index contributed by atoms with van der Waals surface area (Å²) in [6.07, 6.45) is 6.60. The molecule has 0 bridgehead atoms. The van der Waals surface area contributed by atoms with Gasteiger partial charge in [0.1, 0.15) is 0 Å². The summed E-state index contributed by atoms with van der Waals surface area (Å²) in [5.74, 6) is -4.80. The maximum absolute atomic E-state index is 13.7. The van der Waals surface area contributed by atoms with Crippen LogP contribution in [0.15, 0.2) is 12.1 Å². The molecule has 7 heteroatoms. The van der Waals surface area contributed by atoms with Crippen LogP contribution in [0.3, 0.4) is 0 Å². The lowest BCUT2D eigenvalue weighted by Crippen LogP contribution is -2.39. The third-order valence-electron chi connectivity index (χ3n) is 4.68. The first-order valence-corrected chi connectivity index (χ1v) is 9.13. The van der Waals surface area contributed by atoms with E-state index in [1.54, 1.807) is 0 Å². The molecule has 1 N–H and O–H groups in total. The number of nitrogens with zero attached hydrogens (tertiary/aromatic N) is 1. The summed E-state index contributed by atoms with van der Waals surface area (Å²) in [4.78, 5) is 26.1. The van der Waals surface area contributed by atoms with Gasteiger partial charge in [-0.15, -0.1) is 0 Å². The minimum absolute atomic E-state index is 0.0975. The normalized spacial score (nSPS) is 14.9. The summed E-state index contributed by atoms with van der Waals surface area (Å²) in [6, 6.07) is 1.70. The molecule has 1 aromatic rings. The van der Waals surface area contributed by atoms with Crippen molar-refractivity contribution in [1.82, 2.24) is 4.90 Å². The van der Waals surface area contributed by atoms with E-state index in [9.17, 15) is 22.8 Å². The van der Waals surface area contributed by atoms with Crippen molar-refractivity contribution in [1.29, 1.82) is 0 Å². The summed E-state index contributed by atoms with van der Waals surface area (Å²) in [6.45, 7) is 2.07. The molecule has 26 heavy (non-hydrogen) atoms. The Balaban J connectivity index is 1.96. The minimum atomic E-state index is -1.64. The Morgan fingerprint density at radius 2 is 1.81 bits per heavy atom. The quantitative estimate of drug-likeness (QED) is 0.730. The lowest BCUT2D eigenvalue weighted by molar-refractivity contribution is -0.135. The molecular weight excluding hydrogens is 345 g/mol. The predicted molar refractivity (Wildman–Crippen MR) is 93.0 cm³/mol. The molecule has 0 aliphatic heterocycles. The standard InChI is InChI=1S/C19H25F3N2O2/c1-2-10-24(17(26)11-13-6-4-3-5-7-13)12-16(25)23-15-9-8-14(20)18(21)19(15)22/h8-9,13H,2-7,10-12H2,1H3,(H,23,25). The number of anilines is 1. The maximum Gasteiger partial charge on any atom is 0.244 e. The van der Waals surface area contributed by atoms with E-state index in [4.69, 9.17) is 0 Å². The maximum atomic E-state index is 13.7. The van der Waals surface area contributed by atoms with Crippen molar-refractivity contribution in [2.24, 2.45) is 5.92 Å². The van der Waals surface area contributed by atoms with E-state index in [1.165, 1.54) is 11.3 Å². The van der Waals surface area contributed by atoms with E-state index in [1.807, 2.05) is 6.92 Å². The highest BCUT2D eigenvalue weighted by Gasteiger charge is 2.23. The lowest BCUT2D eigenvalue weighted by atomic mass is 9.86. The summed E-state index contributed by atoms with van der Waals surface area (Å²) in [5, 5.41) is 2.21. The van der Waals surface area contributed by atoms with Gasteiger partial charge in [-0.1, -0.05) is 26.2 Å². The molecule has 1 fully saturated rings. The number of benzene rings is 1. The smallest absolute Gasteiger partial charge is 0.244 e. The Morgan fingerprint density at radius 3 is 2.46 bits per heavy atom. The zero-order valence-corrected chi connectivity index (χ0v) is 15.0. The second kappa shape index (κ2) is 9.59. The summed E-state index contributed by atoms with van der Waals surface area (Å²) in [7, 11) is 0. The minimum Gasteiger partial charge on any atom is -0.333 e. The molecule has 1 aliphatic rings. The molecule has 0 radical (unpaired) electrons. The first kappa shape index (κ1) is 20.3. The van der Waals surface area contributed by atoms with Gasteiger partial charge in [0, 0.05) is 13.0 Å². The average molecular weight is 370 g/mol. The van der Waals surface area contributed by atoms with E-state index < -0.39 is 29.0 Å². The molecule has 0 atom stereocenters. The third kappa shape index (κ3) is 5.47. The lowest BCUT2D eigenvalue weighted by Gasteiger charge is -2.26. The molecular formula is C19H25F3N2O2. The molecule has 1 aliphatic carbocycles. The Kier molecular flexibility index (Phi) is 7.48. The fourth-order valence-electron chi connectivity index (χ4n) is 3.31. The van der Waals surface area contributed by atoms with Gasteiger partial charge in [-0.3, -0.25) is 9.59 Å². The van der Waals surface area contributed by atoms with E-state index in [2.05, 4.69) is 5.32 Å². The van der Waals surface area contributed by atoms with Gasteiger partial charge in [0.05, 0.1) is 12.2 Å². The number of carbonyl (C=O) groups excluding carboxylic acids is 2. The van der Waals surface area contributed by atoms with Crippen LogP contribution in [-0.2, 0) is 9.59 Å². The number of hydrogen-bond acceptors (Lipinski definition) is 2. The highest BCUT2D eigenvalue weighted by atomic mass is 19.2. The van der Waals surface area contributed by atoms with E-state index >= 15 is 0 Å². The monoisotopic (exact) mass is 370 g/mol. The Bertz CT molecular complexity index is 646. The van der Waals surface area contributed by atoms with Crippen LogP contribution in [0, 0.1) is 23.4 Å². The van der Waals surface area contributed by atoms with Gasteiger partial charge in [-0.2, -0.15) is 0 Å². The van der Waals surface area contributed by atoms with Gasteiger partial charge in [0.2, 0.25) is 11.8 Å². The Labute approximate surface area is 151 Å². The van der Waals surface area contributed by atoms with Crippen LogP contribution >= 0.6 is 0 Å². The van der Waals surface area contributed by atoms with Crippen molar-refractivity contribution in [3.63, 3.8) is 0 Å². The highest BCUT2D eigenvalue weighted by molar-refractivity contribution is 5.94. The second-order valence-corrected chi connectivity index (χ2v) is 6.79. The molecule has 1 aromatic carbocycles. The second-order valence-electron chi connectivity index (χ2n) is 6.79. The number of nitrogens with one attached hydrogen (secondary N) is 1. The van der Waals surface area contributed by atoms with Crippen LogP contribution in [0.5, 0.6) is 0 Å². The highest BCUT2D eigenvalue weighted by Crippen LogP contribution is 2.27. The molecule has 4 nitrogen and oxygen atoms in total. The SMILES string of the molecule is CCCN(CC(=O)Nc1ccc(F)c(F)c1F)C(=O)CC1CCCCC1. The number of amides is 2. The molecule has 0 saturated heterocycles. The van der Waals surface area contributed by atoms with Gasteiger partial charge >= 0.3 is 0 Å². The number of carbonyl (C=O) groups is 2. The van der Waals surface area contributed by atoms with Crippen molar-refractivity contribution in [3.8, 4) is 0 Å². The van der Waals surface area contributed by atoms with Crippen LogP contribution in [-0.4, -0.2) is 29.8 Å². The number of halogens is 3. The fraction of sp³-hybridized carbons (Fsp3) is 0.579. The fourth-order valence-corrected chi connectivity index (χ4v) is 3.31. The number of hydrogen-bond donors (Lipinski definition) is 1. The van der Waals surface area contributed by atoms with Crippen LogP contribution in [0.4, 0.5) is 18.9 Å². The van der Waals surface area contributed by atoms with Gasteiger partial charge in [0.25, 0.3) is 0 Å². The van der Waals surface area contributed by atoms with Crippen LogP contribution in [0.1, 0.15) is 51.9 Å². The Morgan fingerprint density at radius 1 is 1.12 bits per heavy atom. The Hall–Kier alpha value is -2.05. The largest absolute Gasteiger partial charge is 0.333 e. The van der Waals surface area contributed by atoms with Crippen molar-refractivity contribution >= 4 is 17.5 Å². The molecule has 0 heterocycles. The zero-order valence-electron chi connectivity index (χ0n) is 15.0. The first-order chi connectivity index (χ1) is 12.4. The van der Waals surface area contributed by atoms with Crippen molar-refractivity contribution in [2.75, 3.05) is 18.4 Å². The predicted octanol–water partition coefficient (Wildman–Crippen LogP) is 4.25. The first-order valence-electron chi connectivity index (χ1n) is 9.13. The van der Waals surface area contributed by atoms with Crippen LogP contribution in [0.25, 0.3) is 0 Å². The summed E-state index contributed by atoms with van der Waals surface area (Å²) >= 11 is 0. The molecule has 1 saturated carbocycles. The van der Waals surface area contributed by atoms with E-state index in [0.29, 0.717) is 25.3 Å². The summed E-state index contributed by atoms with van der Waals surface area (Å²) < 4.78 is 39.9. The average Bonchev–Trinajstić information content (AvgIpc) is 2.62. The van der Waals surface area contributed by atoms with E-state index in [-0.39, 0.29) is 12.5 Å².